The number of nitrogens with zero attached hydrogens (tertiary/aromatic N) is 1. The number of anilines is 2. The predicted octanol–water partition coefficient (Wildman–Crippen LogP) is 1.93. The summed E-state index contributed by atoms with van der Waals surface area (Å²) in [5, 5.41) is 14.0. The standard InChI is InChI=1S/C14H20ClN3O3/c1-2-21-14(20)18-6-5-12(13(19)8-18)17-11-4-3-9(15)7-10(11)16/h3-4,7,12-13,17,19H,2,5-6,8,16H2,1H3. The molecule has 0 aliphatic carbocycles. The monoisotopic (exact) mass is 313 g/mol. The van der Waals surface area contributed by atoms with Crippen LogP contribution in [0.15, 0.2) is 18.2 Å². The molecule has 2 unspecified atom stereocenters. The Balaban J connectivity index is 1.96. The molecule has 1 aliphatic heterocycles. The highest BCUT2D eigenvalue weighted by atomic mass is 35.5. The number of piperidine rings is 1. The van der Waals surface area contributed by atoms with Crippen LogP contribution in [-0.4, -0.2) is 47.9 Å². The van der Waals surface area contributed by atoms with Crippen molar-refractivity contribution in [3.63, 3.8) is 0 Å². The summed E-state index contributed by atoms with van der Waals surface area (Å²) in [4.78, 5) is 13.1. The second-order valence-electron chi connectivity index (χ2n) is 4.98. The zero-order valence-electron chi connectivity index (χ0n) is 11.9. The highest BCUT2D eigenvalue weighted by molar-refractivity contribution is 6.31. The molecule has 4 N–H and O–H groups in total. The first kappa shape index (κ1) is 15.7. The van der Waals surface area contributed by atoms with Gasteiger partial charge in [0.1, 0.15) is 0 Å². The molecule has 0 spiro atoms. The van der Waals surface area contributed by atoms with Gasteiger partial charge in [0, 0.05) is 11.6 Å². The maximum Gasteiger partial charge on any atom is 0.409 e. The Kier molecular flexibility index (Phi) is 5.14. The summed E-state index contributed by atoms with van der Waals surface area (Å²) in [6.45, 7) is 2.85. The number of benzene rings is 1. The van der Waals surface area contributed by atoms with Crippen LogP contribution in [0.2, 0.25) is 5.02 Å². The average Bonchev–Trinajstić information content (AvgIpc) is 2.44. The van der Waals surface area contributed by atoms with E-state index in [1.807, 2.05) is 0 Å². The number of amides is 1. The Morgan fingerprint density at radius 3 is 3.00 bits per heavy atom. The summed E-state index contributed by atoms with van der Waals surface area (Å²) in [6.07, 6.45) is -0.457. The molecular weight excluding hydrogens is 294 g/mol. The van der Waals surface area contributed by atoms with E-state index >= 15 is 0 Å². The molecule has 1 fully saturated rings. The van der Waals surface area contributed by atoms with Crippen LogP contribution >= 0.6 is 11.6 Å². The third-order valence-corrected chi connectivity index (χ3v) is 3.70. The Labute approximate surface area is 128 Å². The number of likely N-dealkylation sites (tertiary alicyclic amines) is 1. The van der Waals surface area contributed by atoms with Crippen LogP contribution in [0.25, 0.3) is 0 Å². The Morgan fingerprint density at radius 2 is 2.38 bits per heavy atom. The fraction of sp³-hybridized carbons (Fsp3) is 0.500. The molecule has 1 aromatic rings. The number of hydrogen-bond donors (Lipinski definition) is 3. The predicted molar refractivity (Wildman–Crippen MR) is 82.5 cm³/mol. The maximum atomic E-state index is 11.6. The molecule has 0 saturated carbocycles. The van der Waals surface area contributed by atoms with Crippen LogP contribution in [-0.2, 0) is 4.74 Å². The number of aliphatic hydroxyl groups excluding tert-OH is 1. The van der Waals surface area contributed by atoms with E-state index in [0.29, 0.717) is 30.3 Å². The smallest absolute Gasteiger partial charge is 0.409 e. The van der Waals surface area contributed by atoms with E-state index in [1.54, 1.807) is 25.1 Å². The second kappa shape index (κ2) is 6.87. The van der Waals surface area contributed by atoms with Crippen LogP contribution in [0.3, 0.4) is 0 Å². The number of nitrogens with one attached hydrogen (secondary N) is 1. The van der Waals surface area contributed by atoms with Gasteiger partial charge < -0.3 is 25.8 Å². The number of nitrogen functional groups attached to an aromatic ring is 1. The molecular formula is C14H20ClN3O3. The first-order chi connectivity index (χ1) is 10.0. The minimum atomic E-state index is -0.682. The van der Waals surface area contributed by atoms with Gasteiger partial charge in [-0.15, -0.1) is 0 Å². The number of nitrogens with two attached hydrogens (primary N) is 1. The van der Waals surface area contributed by atoms with Gasteiger partial charge in [0.25, 0.3) is 0 Å². The van der Waals surface area contributed by atoms with E-state index in [-0.39, 0.29) is 18.7 Å². The number of ether oxygens (including phenoxy) is 1. The fourth-order valence-electron chi connectivity index (χ4n) is 2.35. The fourth-order valence-corrected chi connectivity index (χ4v) is 2.53. The maximum absolute atomic E-state index is 11.6. The van der Waals surface area contributed by atoms with Gasteiger partial charge in [-0.05, 0) is 31.5 Å². The summed E-state index contributed by atoms with van der Waals surface area (Å²) in [5.74, 6) is 0. The van der Waals surface area contributed by atoms with Crippen molar-refractivity contribution in [2.75, 3.05) is 30.7 Å². The third kappa shape index (κ3) is 3.92. The van der Waals surface area contributed by atoms with E-state index in [9.17, 15) is 9.90 Å². The number of rotatable bonds is 3. The number of aliphatic hydroxyl groups is 1. The lowest BCUT2D eigenvalue weighted by Crippen LogP contribution is -2.51. The molecule has 2 atom stereocenters. The number of β-amino-alcohol motifs (C(OH)–C–C–N with tert-alkyl or cyclic N) is 1. The second-order valence-corrected chi connectivity index (χ2v) is 5.42. The van der Waals surface area contributed by atoms with Crippen LogP contribution in [0, 0.1) is 0 Å². The molecule has 116 valence electrons. The molecule has 1 aromatic carbocycles. The van der Waals surface area contributed by atoms with Crippen molar-refractivity contribution in [1.82, 2.24) is 4.90 Å². The quantitative estimate of drug-likeness (QED) is 0.742. The van der Waals surface area contributed by atoms with E-state index in [1.165, 1.54) is 4.90 Å². The number of halogens is 1. The summed E-state index contributed by atoms with van der Waals surface area (Å²) in [7, 11) is 0. The van der Waals surface area contributed by atoms with Gasteiger partial charge in [-0.3, -0.25) is 0 Å². The molecule has 1 aliphatic rings. The van der Waals surface area contributed by atoms with E-state index in [2.05, 4.69) is 5.32 Å². The molecule has 1 saturated heterocycles. The molecule has 0 aromatic heterocycles. The molecule has 1 heterocycles. The number of carbonyl (C=O) groups is 1. The van der Waals surface area contributed by atoms with E-state index in [0.717, 1.165) is 5.69 Å². The molecule has 1 amide bonds. The normalized spacial score (nSPS) is 22.0. The average molecular weight is 314 g/mol. The number of hydrogen-bond acceptors (Lipinski definition) is 5. The highest BCUT2D eigenvalue weighted by Crippen LogP contribution is 2.25. The third-order valence-electron chi connectivity index (χ3n) is 3.46. The largest absolute Gasteiger partial charge is 0.450 e. The van der Waals surface area contributed by atoms with Crippen molar-refractivity contribution < 1.29 is 14.6 Å². The van der Waals surface area contributed by atoms with Crippen LogP contribution < -0.4 is 11.1 Å². The molecule has 6 nitrogen and oxygen atoms in total. The van der Waals surface area contributed by atoms with Crippen LogP contribution in [0.1, 0.15) is 13.3 Å². The molecule has 21 heavy (non-hydrogen) atoms. The van der Waals surface area contributed by atoms with Crippen molar-refractivity contribution in [2.45, 2.75) is 25.5 Å². The molecule has 0 radical (unpaired) electrons. The van der Waals surface area contributed by atoms with Crippen molar-refractivity contribution in [1.29, 1.82) is 0 Å². The summed E-state index contributed by atoms with van der Waals surface area (Å²) in [6, 6.07) is 5.01. The lowest BCUT2D eigenvalue weighted by molar-refractivity contribution is 0.0444. The zero-order chi connectivity index (χ0) is 15.4. The lowest BCUT2D eigenvalue weighted by Gasteiger charge is -2.36. The van der Waals surface area contributed by atoms with Gasteiger partial charge in [0.15, 0.2) is 0 Å². The van der Waals surface area contributed by atoms with Gasteiger partial charge in [0.05, 0.1) is 36.7 Å². The first-order valence-corrected chi connectivity index (χ1v) is 7.30. The minimum Gasteiger partial charge on any atom is -0.450 e. The van der Waals surface area contributed by atoms with Crippen molar-refractivity contribution in [2.24, 2.45) is 0 Å². The molecule has 7 heteroatoms. The van der Waals surface area contributed by atoms with Gasteiger partial charge in [-0.1, -0.05) is 11.6 Å². The van der Waals surface area contributed by atoms with Crippen LogP contribution in [0.4, 0.5) is 16.2 Å². The van der Waals surface area contributed by atoms with Crippen LogP contribution in [0.5, 0.6) is 0 Å². The Bertz CT molecular complexity index is 512. The summed E-state index contributed by atoms with van der Waals surface area (Å²) < 4.78 is 4.94. The first-order valence-electron chi connectivity index (χ1n) is 6.92. The van der Waals surface area contributed by atoms with Gasteiger partial charge in [0.2, 0.25) is 0 Å². The minimum absolute atomic E-state index is 0.167. The van der Waals surface area contributed by atoms with Gasteiger partial charge in [-0.2, -0.15) is 0 Å². The zero-order valence-corrected chi connectivity index (χ0v) is 12.6. The Morgan fingerprint density at radius 1 is 1.62 bits per heavy atom. The Hall–Kier alpha value is -1.66. The van der Waals surface area contributed by atoms with Crippen molar-refractivity contribution in [3.8, 4) is 0 Å². The summed E-state index contributed by atoms with van der Waals surface area (Å²) in [5.41, 5.74) is 7.15. The van der Waals surface area contributed by atoms with E-state index in [4.69, 9.17) is 22.1 Å². The summed E-state index contributed by atoms with van der Waals surface area (Å²) >= 11 is 5.86. The number of carbonyl (C=O) groups excluding carboxylic acids is 1. The van der Waals surface area contributed by atoms with Gasteiger partial charge in [-0.25, -0.2) is 4.79 Å². The molecule has 2 rings (SSSR count). The molecule has 0 bridgehead atoms. The highest BCUT2D eigenvalue weighted by Gasteiger charge is 2.31. The van der Waals surface area contributed by atoms with Crippen molar-refractivity contribution in [3.05, 3.63) is 23.2 Å². The van der Waals surface area contributed by atoms with E-state index < -0.39 is 6.10 Å². The topological polar surface area (TPSA) is 87.8 Å². The van der Waals surface area contributed by atoms with Gasteiger partial charge >= 0.3 is 6.09 Å². The SMILES string of the molecule is CCOC(=O)N1CCC(Nc2ccc(Cl)cc2N)C(O)C1. The lowest BCUT2D eigenvalue weighted by atomic mass is 10.0. The van der Waals surface area contributed by atoms with Crippen molar-refractivity contribution >= 4 is 29.1 Å².